The number of hydrogen-bond acceptors (Lipinski definition) is 4. The third-order valence-corrected chi connectivity index (χ3v) is 7.80. The zero-order valence-electron chi connectivity index (χ0n) is 18.0. The summed E-state index contributed by atoms with van der Waals surface area (Å²) >= 11 is 0. The second-order valence-electron chi connectivity index (χ2n) is 8.15. The molecular formula is C25H28N2O3S. The number of phenolic OH excluding ortho intramolecular Hbond substituents is 1. The molecule has 1 aliphatic rings. The van der Waals surface area contributed by atoms with Crippen LogP contribution in [0.1, 0.15) is 16.7 Å². The van der Waals surface area contributed by atoms with E-state index in [9.17, 15) is 13.5 Å². The maximum Gasteiger partial charge on any atom is 0.243 e. The molecule has 0 aliphatic carbocycles. The quantitative estimate of drug-likeness (QED) is 0.652. The molecule has 1 heterocycles. The smallest absolute Gasteiger partial charge is 0.243 e. The number of aromatic hydroxyl groups is 1. The van der Waals surface area contributed by atoms with Gasteiger partial charge in [0.05, 0.1) is 4.90 Å². The van der Waals surface area contributed by atoms with Crippen LogP contribution >= 0.6 is 0 Å². The Balaban J connectivity index is 1.41. The summed E-state index contributed by atoms with van der Waals surface area (Å²) in [5.41, 5.74) is 4.95. The van der Waals surface area contributed by atoms with Gasteiger partial charge in [-0.15, -0.1) is 0 Å². The van der Waals surface area contributed by atoms with Crippen molar-refractivity contribution in [1.82, 2.24) is 9.21 Å². The molecule has 162 valence electrons. The Labute approximate surface area is 184 Å². The molecule has 0 aromatic heterocycles. The Hall–Kier alpha value is -2.67. The maximum absolute atomic E-state index is 13.1. The van der Waals surface area contributed by atoms with Gasteiger partial charge >= 0.3 is 0 Å². The third-order valence-electron chi connectivity index (χ3n) is 5.89. The summed E-state index contributed by atoms with van der Waals surface area (Å²) in [6.07, 6.45) is 0. The highest BCUT2D eigenvalue weighted by Gasteiger charge is 2.28. The number of nitrogens with zero attached hydrogens (tertiary/aromatic N) is 2. The topological polar surface area (TPSA) is 60.9 Å². The summed E-state index contributed by atoms with van der Waals surface area (Å²) in [7, 11) is -3.50. The van der Waals surface area contributed by atoms with E-state index >= 15 is 0 Å². The van der Waals surface area contributed by atoms with Crippen LogP contribution in [-0.4, -0.2) is 48.9 Å². The van der Waals surface area contributed by atoms with Crippen molar-refractivity contribution in [3.05, 3.63) is 83.4 Å². The van der Waals surface area contributed by atoms with E-state index < -0.39 is 10.0 Å². The van der Waals surface area contributed by atoms with Gasteiger partial charge in [-0.1, -0.05) is 54.6 Å². The summed E-state index contributed by atoms with van der Waals surface area (Å²) < 4.78 is 27.8. The Morgan fingerprint density at radius 1 is 0.806 bits per heavy atom. The van der Waals surface area contributed by atoms with E-state index in [1.165, 1.54) is 0 Å². The van der Waals surface area contributed by atoms with Gasteiger partial charge in [0.2, 0.25) is 10.0 Å². The van der Waals surface area contributed by atoms with Gasteiger partial charge < -0.3 is 5.11 Å². The van der Waals surface area contributed by atoms with Gasteiger partial charge in [-0.2, -0.15) is 4.31 Å². The van der Waals surface area contributed by atoms with Gasteiger partial charge in [0.15, 0.2) is 0 Å². The number of piperazine rings is 1. The minimum Gasteiger partial charge on any atom is -0.507 e. The average molecular weight is 437 g/mol. The van der Waals surface area contributed by atoms with Gasteiger partial charge in [0.25, 0.3) is 0 Å². The molecule has 6 heteroatoms. The number of phenols is 1. The van der Waals surface area contributed by atoms with Crippen LogP contribution in [0.2, 0.25) is 0 Å². The molecule has 0 atom stereocenters. The molecule has 0 radical (unpaired) electrons. The number of rotatable bonds is 5. The lowest BCUT2D eigenvalue weighted by molar-refractivity contribution is 0.181. The number of benzene rings is 3. The minimum absolute atomic E-state index is 0.338. The van der Waals surface area contributed by atoms with Crippen LogP contribution in [0.25, 0.3) is 11.1 Å². The Bertz CT molecular complexity index is 1130. The summed E-state index contributed by atoms with van der Waals surface area (Å²) in [5, 5.41) is 9.96. The molecule has 4 rings (SSSR count). The summed E-state index contributed by atoms with van der Waals surface area (Å²) in [6, 6.07) is 21.1. The van der Waals surface area contributed by atoms with E-state index in [2.05, 4.69) is 4.90 Å². The molecule has 5 nitrogen and oxygen atoms in total. The first-order valence-electron chi connectivity index (χ1n) is 10.5. The Morgan fingerprint density at radius 2 is 1.35 bits per heavy atom. The molecule has 0 spiro atoms. The van der Waals surface area contributed by atoms with E-state index in [1.54, 1.807) is 16.4 Å². The van der Waals surface area contributed by atoms with Crippen molar-refractivity contribution in [1.29, 1.82) is 0 Å². The monoisotopic (exact) mass is 436 g/mol. The first kappa shape index (κ1) is 21.6. The molecule has 1 saturated heterocycles. The predicted molar refractivity (Wildman–Crippen MR) is 123 cm³/mol. The zero-order chi connectivity index (χ0) is 22.0. The van der Waals surface area contributed by atoms with E-state index in [-0.39, 0.29) is 0 Å². The molecule has 0 unspecified atom stereocenters. The normalized spacial score (nSPS) is 15.8. The van der Waals surface area contributed by atoms with E-state index in [1.807, 2.05) is 68.4 Å². The van der Waals surface area contributed by atoms with Crippen molar-refractivity contribution >= 4 is 10.0 Å². The summed E-state index contributed by atoms with van der Waals surface area (Å²) in [6.45, 7) is 6.86. The number of aryl methyl sites for hydroxylation is 2. The molecule has 31 heavy (non-hydrogen) atoms. The fraction of sp³-hybridized carbons (Fsp3) is 0.280. The largest absolute Gasteiger partial charge is 0.507 e. The second kappa shape index (κ2) is 8.83. The molecule has 3 aromatic rings. The lowest BCUT2D eigenvalue weighted by Gasteiger charge is -2.34. The third kappa shape index (κ3) is 4.66. The van der Waals surface area contributed by atoms with Gasteiger partial charge in [0.1, 0.15) is 5.75 Å². The van der Waals surface area contributed by atoms with E-state index in [0.29, 0.717) is 36.8 Å². The van der Waals surface area contributed by atoms with Crippen LogP contribution in [-0.2, 0) is 16.6 Å². The highest BCUT2D eigenvalue weighted by atomic mass is 32.2. The van der Waals surface area contributed by atoms with Crippen LogP contribution in [0, 0.1) is 13.8 Å². The van der Waals surface area contributed by atoms with Crippen molar-refractivity contribution in [2.24, 2.45) is 0 Å². The summed E-state index contributed by atoms with van der Waals surface area (Å²) in [5.74, 6) is 0.345. The Morgan fingerprint density at radius 3 is 1.94 bits per heavy atom. The first-order chi connectivity index (χ1) is 14.8. The lowest BCUT2D eigenvalue weighted by atomic mass is 10.1. The predicted octanol–water partition coefficient (Wildman–Crippen LogP) is 4.18. The molecule has 3 aromatic carbocycles. The van der Waals surface area contributed by atoms with E-state index in [0.717, 1.165) is 34.4 Å². The van der Waals surface area contributed by atoms with Gasteiger partial charge in [-0.05, 0) is 53.8 Å². The number of hydrogen-bond donors (Lipinski definition) is 1. The van der Waals surface area contributed by atoms with Crippen LogP contribution in [0.15, 0.2) is 71.6 Å². The fourth-order valence-corrected chi connectivity index (χ4v) is 5.54. The lowest BCUT2D eigenvalue weighted by Crippen LogP contribution is -2.48. The van der Waals surface area contributed by atoms with Gasteiger partial charge in [-0.25, -0.2) is 8.42 Å². The fourth-order valence-electron chi connectivity index (χ4n) is 4.12. The highest BCUT2D eigenvalue weighted by Crippen LogP contribution is 2.26. The summed E-state index contributed by atoms with van der Waals surface area (Å²) in [4.78, 5) is 2.60. The van der Waals surface area contributed by atoms with Crippen LogP contribution in [0.3, 0.4) is 0 Å². The Kier molecular flexibility index (Phi) is 6.14. The molecule has 1 N–H and O–H groups in total. The van der Waals surface area contributed by atoms with Gasteiger partial charge in [-0.3, -0.25) is 4.90 Å². The van der Waals surface area contributed by atoms with E-state index in [4.69, 9.17) is 0 Å². The molecule has 0 bridgehead atoms. The first-order valence-corrected chi connectivity index (χ1v) is 12.0. The average Bonchev–Trinajstić information content (AvgIpc) is 2.78. The van der Waals surface area contributed by atoms with Crippen molar-refractivity contribution in [3.8, 4) is 16.9 Å². The molecule has 1 fully saturated rings. The maximum atomic E-state index is 13.1. The van der Waals surface area contributed by atoms with Crippen LogP contribution < -0.4 is 0 Å². The van der Waals surface area contributed by atoms with Crippen molar-refractivity contribution in [2.75, 3.05) is 26.2 Å². The van der Waals surface area contributed by atoms with Crippen LogP contribution in [0.4, 0.5) is 0 Å². The van der Waals surface area contributed by atoms with Crippen molar-refractivity contribution < 1.29 is 13.5 Å². The highest BCUT2D eigenvalue weighted by molar-refractivity contribution is 7.89. The zero-order valence-corrected chi connectivity index (χ0v) is 18.8. The number of sulfonamides is 1. The minimum atomic E-state index is -3.50. The standard InChI is InChI=1S/C25H28N2O3S/c1-19-16-21(17-20(2)25(19)28)18-26-12-14-27(15-13-26)31(29,30)24-10-8-23(9-11-24)22-6-4-3-5-7-22/h3-11,16-17,28H,12-15,18H2,1-2H3. The van der Waals surface area contributed by atoms with Gasteiger partial charge in [0, 0.05) is 32.7 Å². The van der Waals surface area contributed by atoms with Crippen LogP contribution in [0.5, 0.6) is 5.75 Å². The molecule has 0 amide bonds. The molecule has 0 saturated carbocycles. The molecular weight excluding hydrogens is 408 g/mol. The van der Waals surface area contributed by atoms with Crippen molar-refractivity contribution in [2.45, 2.75) is 25.3 Å². The SMILES string of the molecule is Cc1cc(CN2CCN(S(=O)(=O)c3ccc(-c4ccccc4)cc3)CC2)cc(C)c1O. The second-order valence-corrected chi connectivity index (χ2v) is 10.1. The van der Waals surface area contributed by atoms with Crippen molar-refractivity contribution in [3.63, 3.8) is 0 Å². The molecule has 1 aliphatic heterocycles.